The number of benzene rings is 2. The van der Waals surface area contributed by atoms with E-state index in [-0.39, 0.29) is 35.1 Å². The molecule has 27 heavy (non-hydrogen) atoms. The number of rotatable bonds is 6. The molecule has 0 unspecified atom stereocenters. The average molecular weight is 546 g/mol. The summed E-state index contributed by atoms with van der Waals surface area (Å²) in [4.78, 5) is 4.29. The van der Waals surface area contributed by atoms with Crippen LogP contribution in [0, 0.1) is 0 Å². The standard InChI is InChI=1S/C20H24BrN3O2.HI/c1-22-19(23-12-14-10-17(26-2)6-7-18(14)25)24-13-20(8-9-20)15-4-3-5-16(21)11-15;/h3-7,10-11,25H,8-9,12-13H2,1-2H3,(H2,22,23,24);1H. The SMILES string of the molecule is CN=C(NCc1cc(OC)ccc1O)NCC1(c2cccc(Br)c2)CC1.I. The maximum atomic E-state index is 10.00. The van der Waals surface area contributed by atoms with Crippen LogP contribution in [0.1, 0.15) is 24.0 Å². The normalized spacial score (nSPS) is 14.9. The Morgan fingerprint density at radius 1 is 1.22 bits per heavy atom. The first-order chi connectivity index (χ1) is 12.6. The number of nitrogens with zero attached hydrogens (tertiary/aromatic N) is 1. The van der Waals surface area contributed by atoms with Crippen LogP contribution in [0.2, 0.25) is 0 Å². The van der Waals surface area contributed by atoms with Crippen LogP contribution in [0.3, 0.4) is 0 Å². The van der Waals surface area contributed by atoms with Gasteiger partial charge < -0.3 is 20.5 Å². The first-order valence-electron chi connectivity index (χ1n) is 8.63. The van der Waals surface area contributed by atoms with Crippen molar-refractivity contribution >= 4 is 45.9 Å². The fraction of sp³-hybridized carbons (Fsp3) is 0.350. The van der Waals surface area contributed by atoms with Crippen molar-refractivity contribution in [2.45, 2.75) is 24.8 Å². The summed E-state index contributed by atoms with van der Waals surface area (Å²) in [6.45, 7) is 1.29. The quantitative estimate of drug-likeness (QED) is 0.289. The molecule has 0 amide bonds. The molecule has 0 radical (unpaired) electrons. The van der Waals surface area contributed by atoms with E-state index in [1.807, 2.05) is 12.1 Å². The lowest BCUT2D eigenvalue weighted by Crippen LogP contribution is -2.40. The van der Waals surface area contributed by atoms with Gasteiger partial charge in [0.1, 0.15) is 11.5 Å². The number of methoxy groups -OCH3 is 1. The molecule has 0 aromatic heterocycles. The number of halogens is 2. The van der Waals surface area contributed by atoms with Crippen molar-refractivity contribution in [3.8, 4) is 11.5 Å². The Morgan fingerprint density at radius 2 is 2.00 bits per heavy atom. The summed E-state index contributed by atoms with van der Waals surface area (Å²) in [5.41, 5.74) is 2.29. The molecule has 5 nitrogen and oxygen atoms in total. The molecule has 0 spiro atoms. The van der Waals surface area contributed by atoms with Crippen LogP contribution in [0.15, 0.2) is 51.9 Å². The summed E-state index contributed by atoms with van der Waals surface area (Å²) in [7, 11) is 3.36. The minimum atomic E-state index is 0. The Morgan fingerprint density at radius 3 is 2.63 bits per heavy atom. The molecule has 0 aliphatic heterocycles. The van der Waals surface area contributed by atoms with Crippen molar-refractivity contribution in [3.05, 3.63) is 58.1 Å². The zero-order valence-electron chi connectivity index (χ0n) is 15.5. The zero-order chi connectivity index (χ0) is 18.6. The lowest BCUT2D eigenvalue weighted by Gasteiger charge is -2.19. The summed E-state index contributed by atoms with van der Waals surface area (Å²) < 4.78 is 6.32. The molecule has 3 rings (SSSR count). The predicted molar refractivity (Wildman–Crippen MR) is 123 cm³/mol. The van der Waals surface area contributed by atoms with Gasteiger partial charge in [0.05, 0.1) is 7.11 Å². The van der Waals surface area contributed by atoms with Gasteiger partial charge in [-0.1, -0.05) is 28.1 Å². The van der Waals surface area contributed by atoms with Crippen LogP contribution < -0.4 is 15.4 Å². The second-order valence-corrected chi connectivity index (χ2v) is 7.48. The van der Waals surface area contributed by atoms with Gasteiger partial charge in [-0.15, -0.1) is 24.0 Å². The van der Waals surface area contributed by atoms with Gasteiger partial charge in [-0.05, 0) is 48.7 Å². The number of hydrogen-bond acceptors (Lipinski definition) is 3. The molecular weight excluding hydrogens is 521 g/mol. The summed E-state index contributed by atoms with van der Waals surface area (Å²) in [6.07, 6.45) is 2.34. The van der Waals surface area contributed by atoms with E-state index in [2.05, 4.69) is 49.8 Å². The number of aromatic hydroxyl groups is 1. The Labute approximate surface area is 185 Å². The smallest absolute Gasteiger partial charge is 0.191 e. The van der Waals surface area contributed by atoms with Crippen molar-refractivity contribution in [2.75, 3.05) is 20.7 Å². The summed E-state index contributed by atoms with van der Waals surface area (Å²) in [6, 6.07) is 13.7. The van der Waals surface area contributed by atoms with E-state index < -0.39 is 0 Å². The van der Waals surface area contributed by atoms with E-state index in [1.54, 1.807) is 26.3 Å². The molecule has 0 heterocycles. The molecule has 3 N–H and O–H groups in total. The number of hydrogen-bond donors (Lipinski definition) is 3. The van der Waals surface area contributed by atoms with E-state index in [9.17, 15) is 5.11 Å². The van der Waals surface area contributed by atoms with E-state index in [4.69, 9.17) is 4.74 Å². The molecule has 1 fully saturated rings. The number of phenolic OH excluding ortho intramolecular Hbond substituents is 1. The van der Waals surface area contributed by atoms with Gasteiger partial charge in [0.2, 0.25) is 0 Å². The van der Waals surface area contributed by atoms with Crippen LogP contribution in [-0.2, 0) is 12.0 Å². The molecule has 1 aliphatic rings. The maximum absolute atomic E-state index is 10.00. The van der Waals surface area contributed by atoms with Gasteiger partial charge in [0.15, 0.2) is 5.96 Å². The van der Waals surface area contributed by atoms with Crippen LogP contribution in [0.5, 0.6) is 11.5 Å². The van der Waals surface area contributed by atoms with Gasteiger partial charge in [0.25, 0.3) is 0 Å². The lowest BCUT2D eigenvalue weighted by atomic mass is 9.96. The highest BCUT2D eigenvalue weighted by atomic mass is 127. The maximum Gasteiger partial charge on any atom is 0.191 e. The lowest BCUT2D eigenvalue weighted by molar-refractivity contribution is 0.410. The van der Waals surface area contributed by atoms with E-state index in [0.29, 0.717) is 18.3 Å². The topological polar surface area (TPSA) is 65.9 Å². The molecule has 1 aliphatic carbocycles. The fourth-order valence-electron chi connectivity index (χ4n) is 3.02. The molecule has 146 valence electrons. The minimum absolute atomic E-state index is 0. The van der Waals surface area contributed by atoms with Crippen LogP contribution in [-0.4, -0.2) is 31.8 Å². The third kappa shape index (κ3) is 5.51. The van der Waals surface area contributed by atoms with Crippen molar-refractivity contribution < 1.29 is 9.84 Å². The zero-order valence-corrected chi connectivity index (χ0v) is 19.4. The summed E-state index contributed by atoms with van der Waals surface area (Å²) in [5.74, 6) is 1.67. The molecule has 0 atom stereocenters. The summed E-state index contributed by atoms with van der Waals surface area (Å²) >= 11 is 3.55. The summed E-state index contributed by atoms with van der Waals surface area (Å²) in [5, 5.41) is 16.7. The highest BCUT2D eigenvalue weighted by molar-refractivity contribution is 14.0. The first-order valence-corrected chi connectivity index (χ1v) is 9.42. The minimum Gasteiger partial charge on any atom is -0.508 e. The Hall–Kier alpha value is -1.48. The monoisotopic (exact) mass is 545 g/mol. The number of aliphatic imine (C=N–C) groups is 1. The number of nitrogens with one attached hydrogen (secondary N) is 2. The third-order valence-corrected chi connectivity index (χ3v) is 5.33. The molecule has 1 saturated carbocycles. The van der Waals surface area contributed by atoms with E-state index in [0.717, 1.165) is 16.6 Å². The molecular formula is C20H25BrIN3O2. The second kappa shape index (κ2) is 9.64. The van der Waals surface area contributed by atoms with Gasteiger partial charge in [-0.25, -0.2) is 0 Å². The molecule has 2 aromatic rings. The van der Waals surface area contributed by atoms with Crippen molar-refractivity contribution in [1.82, 2.24) is 10.6 Å². The van der Waals surface area contributed by atoms with Crippen LogP contribution in [0.25, 0.3) is 0 Å². The highest BCUT2D eigenvalue weighted by Crippen LogP contribution is 2.48. The Balaban J connectivity index is 0.00000261. The van der Waals surface area contributed by atoms with Gasteiger partial charge in [0, 0.05) is 35.6 Å². The third-order valence-electron chi connectivity index (χ3n) is 4.84. The number of ether oxygens (including phenoxy) is 1. The van der Waals surface area contributed by atoms with E-state index >= 15 is 0 Å². The molecule has 7 heteroatoms. The molecule has 2 aromatic carbocycles. The average Bonchev–Trinajstić information content (AvgIpc) is 3.44. The number of guanidine groups is 1. The van der Waals surface area contributed by atoms with Crippen molar-refractivity contribution in [1.29, 1.82) is 0 Å². The van der Waals surface area contributed by atoms with Gasteiger partial charge in [-0.2, -0.15) is 0 Å². The fourth-order valence-corrected chi connectivity index (χ4v) is 3.42. The Kier molecular flexibility index (Phi) is 7.79. The van der Waals surface area contributed by atoms with Crippen LogP contribution >= 0.6 is 39.9 Å². The molecule has 0 saturated heterocycles. The largest absolute Gasteiger partial charge is 0.508 e. The van der Waals surface area contributed by atoms with Crippen molar-refractivity contribution in [3.63, 3.8) is 0 Å². The van der Waals surface area contributed by atoms with Gasteiger partial charge >= 0.3 is 0 Å². The molecule has 0 bridgehead atoms. The van der Waals surface area contributed by atoms with Gasteiger partial charge in [-0.3, -0.25) is 4.99 Å². The predicted octanol–water partition coefficient (Wildman–Crippen LogP) is 4.18. The highest BCUT2D eigenvalue weighted by Gasteiger charge is 2.44. The second-order valence-electron chi connectivity index (χ2n) is 6.56. The Bertz CT molecular complexity index is 810. The first kappa shape index (κ1) is 21.8. The van der Waals surface area contributed by atoms with Crippen LogP contribution in [0.4, 0.5) is 0 Å². The van der Waals surface area contributed by atoms with Crippen molar-refractivity contribution in [2.24, 2.45) is 4.99 Å². The number of phenols is 1. The van der Waals surface area contributed by atoms with E-state index in [1.165, 1.54) is 18.4 Å².